The number of hydrogen-bond donors (Lipinski definition) is 2. The number of ketones is 1. The minimum Gasteiger partial charge on any atom is -0.396 e. The molecule has 1 aromatic rings. The Labute approximate surface area is 198 Å². The maximum absolute atomic E-state index is 12.5. The molecular formula is C29H39NO3. The van der Waals surface area contributed by atoms with E-state index in [0.29, 0.717) is 30.6 Å². The number of carbonyl (C=O) groups excluding carboxylic acids is 1. The van der Waals surface area contributed by atoms with Gasteiger partial charge in [0.05, 0.1) is 5.60 Å². The summed E-state index contributed by atoms with van der Waals surface area (Å²) in [5.74, 6) is 1.94. The van der Waals surface area contributed by atoms with Crippen LogP contribution in [0.3, 0.4) is 0 Å². The minimum atomic E-state index is -0.655. The van der Waals surface area contributed by atoms with Gasteiger partial charge in [0.15, 0.2) is 5.78 Å². The highest BCUT2D eigenvalue weighted by Crippen LogP contribution is 2.61. The third-order valence-corrected chi connectivity index (χ3v) is 9.25. The molecule has 2 saturated carbocycles. The molecule has 0 aliphatic heterocycles. The predicted molar refractivity (Wildman–Crippen MR) is 132 cm³/mol. The number of fused-ring (bicyclic) bond motifs is 4. The Morgan fingerprint density at radius 1 is 1.15 bits per heavy atom. The first-order valence-corrected chi connectivity index (χ1v) is 12.9. The molecule has 0 bridgehead atoms. The largest absolute Gasteiger partial charge is 0.396 e. The van der Waals surface area contributed by atoms with Crippen molar-refractivity contribution in [1.82, 2.24) is 0 Å². The minimum absolute atomic E-state index is 0.0644. The molecule has 4 aliphatic carbocycles. The fourth-order valence-electron chi connectivity index (χ4n) is 7.54. The second kappa shape index (κ2) is 8.70. The van der Waals surface area contributed by atoms with Gasteiger partial charge in [-0.3, -0.25) is 4.79 Å². The number of benzene rings is 1. The maximum Gasteiger partial charge on any atom is 0.159 e. The Morgan fingerprint density at radius 3 is 2.61 bits per heavy atom. The molecular weight excluding hydrogens is 410 g/mol. The smallest absolute Gasteiger partial charge is 0.159 e. The fraction of sp³-hybridized carbons (Fsp3) is 0.621. The van der Waals surface area contributed by atoms with E-state index in [1.165, 1.54) is 22.4 Å². The molecule has 0 saturated heterocycles. The summed E-state index contributed by atoms with van der Waals surface area (Å²) >= 11 is 0. The van der Waals surface area contributed by atoms with E-state index in [-0.39, 0.29) is 24.2 Å². The molecule has 178 valence electrons. The van der Waals surface area contributed by atoms with Gasteiger partial charge in [0.1, 0.15) is 0 Å². The summed E-state index contributed by atoms with van der Waals surface area (Å²) < 4.78 is 0. The van der Waals surface area contributed by atoms with Gasteiger partial charge in [0, 0.05) is 38.2 Å². The lowest BCUT2D eigenvalue weighted by molar-refractivity contribution is -0.118. The standard InChI is InChI=1S/C29H39NO3/c1-18-15-24-20(16-27(18)32)7-10-23-22-11-13-29(33,12-4-14-31)26(22)17-25(28(23)24)19-5-8-21(9-6-19)30(2)3/h5-6,8-9,16,18,22-23,25-26,31,33H,4,7,10-15,17H2,1-3H3/t18?,22-,23-,25+,26+,29+/m0/s1. The van der Waals surface area contributed by atoms with Gasteiger partial charge < -0.3 is 15.1 Å². The molecule has 1 unspecified atom stereocenters. The highest BCUT2D eigenvalue weighted by atomic mass is 16.3. The third-order valence-electron chi connectivity index (χ3n) is 9.25. The van der Waals surface area contributed by atoms with Crippen LogP contribution in [0.5, 0.6) is 0 Å². The molecule has 0 spiro atoms. The first kappa shape index (κ1) is 22.9. The Morgan fingerprint density at radius 2 is 1.91 bits per heavy atom. The number of allylic oxidation sites excluding steroid dienone is 4. The van der Waals surface area contributed by atoms with Crippen molar-refractivity contribution in [3.8, 4) is 0 Å². The zero-order valence-electron chi connectivity index (χ0n) is 20.4. The molecule has 0 heterocycles. The topological polar surface area (TPSA) is 60.8 Å². The van der Waals surface area contributed by atoms with Crippen molar-refractivity contribution >= 4 is 11.5 Å². The molecule has 6 atom stereocenters. The van der Waals surface area contributed by atoms with Crippen molar-refractivity contribution < 1.29 is 15.0 Å². The number of anilines is 1. The lowest BCUT2D eigenvalue weighted by atomic mass is 9.56. The average molecular weight is 450 g/mol. The van der Waals surface area contributed by atoms with Gasteiger partial charge in [0.25, 0.3) is 0 Å². The molecule has 2 fully saturated rings. The lowest BCUT2D eigenvalue weighted by Crippen LogP contribution is -2.43. The van der Waals surface area contributed by atoms with Gasteiger partial charge in [-0.1, -0.05) is 24.6 Å². The summed E-state index contributed by atoms with van der Waals surface area (Å²) in [6.45, 7) is 2.22. The van der Waals surface area contributed by atoms with Crippen LogP contribution in [-0.2, 0) is 4.79 Å². The Hall–Kier alpha value is -1.91. The number of rotatable bonds is 5. The van der Waals surface area contributed by atoms with Crippen molar-refractivity contribution in [3.05, 3.63) is 52.6 Å². The van der Waals surface area contributed by atoms with Crippen LogP contribution in [-0.4, -0.2) is 42.3 Å². The van der Waals surface area contributed by atoms with E-state index >= 15 is 0 Å². The van der Waals surface area contributed by atoms with Crippen LogP contribution in [0.25, 0.3) is 0 Å². The third kappa shape index (κ3) is 3.89. The van der Waals surface area contributed by atoms with Crippen molar-refractivity contribution in [2.45, 2.75) is 69.8 Å². The Bertz CT molecular complexity index is 975. The summed E-state index contributed by atoms with van der Waals surface area (Å²) in [4.78, 5) is 14.6. The number of carbonyl (C=O) groups is 1. The predicted octanol–water partition coefficient (Wildman–Crippen LogP) is 5.01. The zero-order valence-corrected chi connectivity index (χ0v) is 20.4. The Kier molecular flexibility index (Phi) is 6.03. The van der Waals surface area contributed by atoms with Gasteiger partial charge in [-0.2, -0.15) is 0 Å². The van der Waals surface area contributed by atoms with Crippen LogP contribution in [0.2, 0.25) is 0 Å². The summed E-state index contributed by atoms with van der Waals surface area (Å²) in [7, 11) is 4.14. The maximum atomic E-state index is 12.5. The first-order valence-electron chi connectivity index (χ1n) is 12.9. The second-order valence-electron chi connectivity index (χ2n) is 11.3. The fourth-order valence-corrected chi connectivity index (χ4v) is 7.54. The normalized spacial score (nSPS) is 35.6. The van der Waals surface area contributed by atoms with Crippen LogP contribution in [0.15, 0.2) is 47.1 Å². The molecule has 0 amide bonds. The van der Waals surface area contributed by atoms with E-state index in [9.17, 15) is 15.0 Å². The summed E-state index contributed by atoms with van der Waals surface area (Å²) in [6, 6.07) is 8.98. The van der Waals surface area contributed by atoms with Gasteiger partial charge >= 0.3 is 0 Å². The first-order chi connectivity index (χ1) is 15.8. The van der Waals surface area contributed by atoms with Crippen LogP contribution < -0.4 is 4.90 Å². The van der Waals surface area contributed by atoms with E-state index < -0.39 is 5.60 Å². The monoisotopic (exact) mass is 449 g/mol. The molecule has 0 radical (unpaired) electrons. The molecule has 0 aromatic heterocycles. The van der Waals surface area contributed by atoms with Crippen LogP contribution in [0.1, 0.15) is 69.8 Å². The van der Waals surface area contributed by atoms with Crippen molar-refractivity contribution in [2.75, 3.05) is 25.6 Å². The summed E-state index contributed by atoms with van der Waals surface area (Å²) in [5.41, 5.74) is 6.21. The van der Waals surface area contributed by atoms with Crippen molar-refractivity contribution in [3.63, 3.8) is 0 Å². The highest BCUT2D eigenvalue weighted by molar-refractivity contribution is 5.94. The van der Waals surface area contributed by atoms with Gasteiger partial charge in [0.2, 0.25) is 0 Å². The molecule has 4 aliphatic rings. The average Bonchev–Trinajstić information content (AvgIpc) is 3.14. The number of aliphatic hydroxyl groups excluding tert-OH is 1. The molecule has 2 N–H and O–H groups in total. The van der Waals surface area contributed by atoms with Gasteiger partial charge in [-0.15, -0.1) is 0 Å². The number of hydrogen-bond acceptors (Lipinski definition) is 4. The Balaban J connectivity index is 1.60. The highest BCUT2D eigenvalue weighted by Gasteiger charge is 2.55. The van der Waals surface area contributed by atoms with Crippen molar-refractivity contribution in [1.29, 1.82) is 0 Å². The molecule has 5 rings (SSSR count). The number of aliphatic hydroxyl groups is 2. The molecule has 4 heteroatoms. The van der Waals surface area contributed by atoms with E-state index in [4.69, 9.17) is 0 Å². The zero-order chi connectivity index (χ0) is 23.3. The van der Waals surface area contributed by atoms with E-state index in [2.05, 4.69) is 50.2 Å². The SMILES string of the molecule is CC1CC2=C3[C@@H](CCC2=CC1=O)[C@@H]1CC[C@](O)(CCCO)[C@@H]1C[C@@H]3c1ccc(N(C)C)cc1. The quantitative estimate of drug-likeness (QED) is 0.663. The van der Waals surface area contributed by atoms with E-state index in [0.717, 1.165) is 38.5 Å². The van der Waals surface area contributed by atoms with E-state index in [1.54, 1.807) is 5.57 Å². The van der Waals surface area contributed by atoms with Crippen LogP contribution in [0.4, 0.5) is 5.69 Å². The summed E-state index contributed by atoms with van der Waals surface area (Å²) in [6.07, 6.45) is 9.17. The van der Waals surface area contributed by atoms with E-state index in [1.807, 2.05) is 6.08 Å². The van der Waals surface area contributed by atoms with Crippen molar-refractivity contribution in [2.24, 2.45) is 23.7 Å². The van der Waals surface area contributed by atoms with Gasteiger partial charge in [-0.25, -0.2) is 0 Å². The van der Waals surface area contributed by atoms with Gasteiger partial charge in [-0.05, 0) is 104 Å². The molecule has 33 heavy (non-hydrogen) atoms. The summed E-state index contributed by atoms with van der Waals surface area (Å²) in [5, 5.41) is 21.2. The van der Waals surface area contributed by atoms with Crippen LogP contribution in [0, 0.1) is 23.7 Å². The van der Waals surface area contributed by atoms with Crippen LogP contribution >= 0.6 is 0 Å². The number of nitrogens with zero attached hydrogens (tertiary/aromatic N) is 1. The second-order valence-corrected chi connectivity index (χ2v) is 11.3. The lowest BCUT2D eigenvalue weighted by Gasteiger charge is -2.49. The molecule has 4 nitrogen and oxygen atoms in total. The molecule has 1 aromatic carbocycles.